The van der Waals surface area contributed by atoms with E-state index < -0.39 is 0 Å². The molecule has 0 aromatic heterocycles. The molecule has 1 nitrogen and oxygen atoms in total. The highest BCUT2D eigenvalue weighted by molar-refractivity contribution is 8.12. The third kappa shape index (κ3) is 0.969. The topological polar surface area (TPSA) is 3.01 Å². The average molecular weight is 116 g/mol. The lowest BCUT2D eigenvalue weighted by atomic mass is 10.4. The molecule has 1 heterocycles. The van der Waals surface area contributed by atoms with Crippen LogP contribution in [0.5, 0.6) is 0 Å². The minimum absolute atomic E-state index is 0.755. The Kier molecular flexibility index (Phi) is 1.38. The molecule has 0 aromatic rings. The van der Waals surface area contributed by atoms with Gasteiger partial charge in [0.2, 0.25) is 0 Å². The Morgan fingerprint density at radius 2 is 2.57 bits per heavy atom. The van der Waals surface area contributed by atoms with Gasteiger partial charge in [0, 0.05) is 0 Å². The van der Waals surface area contributed by atoms with E-state index in [2.05, 4.69) is 24.1 Å². The first-order valence-corrected chi connectivity index (χ1v) is 3.52. The highest BCUT2D eigenvalue weighted by Crippen LogP contribution is 2.07. The van der Waals surface area contributed by atoms with Gasteiger partial charge in [-0.3, -0.25) is 0 Å². The second kappa shape index (κ2) is 1.86. The summed E-state index contributed by atoms with van der Waals surface area (Å²) < 4.78 is 2.24. The summed E-state index contributed by atoms with van der Waals surface area (Å²) in [7, 11) is 2.12. The number of rotatable bonds is 0. The minimum atomic E-state index is 0.755. The SMILES string of the molecule is CC1CSC=[N+]1C. The Balaban J connectivity index is 2.54. The summed E-state index contributed by atoms with van der Waals surface area (Å²) in [4.78, 5) is 0. The normalized spacial score (nSPS) is 30.6. The summed E-state index contributed by atoms with van der Waals surface area (Å²) in [5.74, 6) is 1.26. The Hall–Kier alpha value is 0.0200. The van der Waals surface area contributed by atoms with Gasteiger partial charge in [-0.05, 0) is 6.92 Å². The first kappa shape index (κ1) is 5.16. The van der Waals surface area contributed by atoms with Gasteiger partial charge in [0.25, 0.3) is 0 Å². The van der Waals surface area contributed by atoms with Crippen molar-refractivity contribution in [1.82, 2.24) is 0 Å². The molecule has 0 spiro atoms. The molecule has 1 atom stereocenters. The van der Waals surface area contributed by atoms with Gasteiger partial charge in [-0.2, -0.15) is 0 Å². The predicted octanol–water partition coefficient (Wildman–Crippen LogP) is 0.792. The summed E-state index contributed by atoms with van der Waals surface area (Å²) in [5.41, 5.74) is 2.17. The molecule has 0 N–H and O–H groups in total. The molecule has 0 aliphatic carbocycles. The highest BCUT2D eigenvalue weighted by atomic mass is 32.2. The molecule has 0 fully saturated rings. The van der Waals surface area contributed by atoms with Crippen molar-refractivity contribution < 1.29 is 4.58 Å². The molecule has 0 saturated heterocycles. The van der Waals surface area contributed by atoms with E-state index in [0.29, 0.717) is 0 Å². The van der Waals surface area contributed by atoms with Gasteiger partial charge in [-0.25, -0.2) is 4.58 Å². The van der Waals surface area contributed by atoms with Gasteiger partial charge < -0.3 is 0 Å². The van der Waals surface area contributed by atoms with Crippen LogP contribution in [-0.2, 0) is 0 Å². The monoisotopic (exact) mass is 116 g/mol. The standard InChI is InChI=1S/C5H10NS/c1-5-3-7-4-6(5)2/h4-5H,3H2,1-2H3/q+1. The zero-order chi connectivity index (χ0) is 5.28. The lowest BCUT2D eigenvalue weighted by Gasteiger charge is -1.92. The van der Waals surface area contributed by atoms with Gasteiger partial charge in [-0.15, -0.1) is 0 Å². The van der Waals surface area contributed by atoms with Crippen molar-refractivity contribution in [1.29, 1.82) is 0 Å². The molecular weight excluding hydrogens is 106 g/mol. The second-order valence-electron chi connectivity index (χ2n) is 1.95. The van der Waals surface area contributed by atoms with Crippen molar-refractivity contribution in [2.24, 2.45) is 0 Å². The molecule has 2 heteroatoms. The Morgan fingerprint density at radius 1 is 1.86 bits per heavy atom. The van der Waals surface area contributed by atoms with Crippen LogP contribution < -0.4 is 0 Å². The van der Waals surface area contributed by atoms with E-state index in [0.717, 1.165) is 6.04 Å². The van der Waals surface area contributed by atoms with Crippen molar-refractivity contribution >= 4 is 17.3 Å². The Bertz CT molecular complexity index is 98.3. The molecule has 0 radical (unpaired) electrons. The van der Waals surface area contributed by atoms with Crippen LogP contribution in [0.15, 0.2) is 0 Å². The van der Waals surface area contributed by atoms with Crippen LogP contribution in [0.2, 0.25) is 0 Å². The van der Waals surface area contributed by atoms with Crippen LogP contribution in [0.25, 0.3) is 0 Å². The predicted molar refractivity (Wildman–Crippen MR) is 34.2 cm³/mol. The van der Waals surface area contributed by atoms with Crippen molar-refractivity contribution in [3.05, 3.63) is 0 Å². The van der Waals surface area contributed by atoms with Crippen molar-refractivity contribution in [3.63, 3.8) is 0 Å². The molecule has 1 rings (SSSR count). The van der Waals surface area contributed by atoms with Crippen molar-refractivity contribution in [2.75, 3.05) is 12.8 Å². The van der Waals surface area contributed by atoms with Crippen LogP contribution >= 0.6 is 11.8 Å². The van der Waals surface area contributed by atoms with Crippen LogP contribution in [0.4, 0.5) is 0 Å². The number of hydrogen-bond donors (Lipinski definition) is 0. The molecule has 40 valence electrons. The van der Waals surface area contributed by atoms with Crippen LogP contribution in [0, 0.1) is 0 Å². The first-order chi connectivity index (χ1) is 3.30. The second-order valence-corrected chi connectivity index (χ2v) is 2.83. The molecule has 0 amide bonds. The number of thioether (sulfide) groups is 1. The Labute approximate surface area is 48.4 Å². The van der Waals surface area contributed by atoms with Crippen LogP contribution in [0.3, 0.4) is 0 Å². The number of nitrogens with zero attached hydrogens (tertiary/aromatic N) is 1. The molecule has 0 bridgehead atoms. The third-order valence-corrected chi connectivity index (χ3v) is 2.43. The van der Waals surface area contributed by atoms with E-state index >= 15 is 0 Å². The van der Waals surface area contributed by atoms with Gasteiger partial charge in [0.05, 0.1) is 5.75 Å². The van der Waals surface area contributed by atoms with Gasteiger partial charge >= 0.3 is 0 Å². The van der Waals surface area contributed by atoms with E-state index in [1.165, 1.54) is 5.75 Å². The third-order valence-electron chi connectivity index (χ3n) is 1.27. The van der Waals surface area contributed by atoms with E-state index in [4.69, 9.17) is 0 Å². The van der Waals surface area contributed by atoms with Gasteiger partial charge in [0.15, 0.2) is 11.6 Å². The summed E-state index contributed by atoms with van der Waals surface area (Å²) >= 11 is 1.89. The van der Waals surface area contributed by atoms with Crippen molar-refractivity contribution in [3.8, 4) is 0 Å². The molecule has 7 heavy (non-hydrogen) atoms. The van der Waals surface area contributed by atoms with E-state index in [1.807, 2.05) is 11.8 Å². The minimum Gasteiger partial charge on any atom is -0.230 e. The zero-order valence-corrected chi connectivity index (χ0v) is 5.53. The lowest BCUT2D eigenvalue weighted by molar-refractivity contribution is -0.518. The quantitative estimate of drug-likeness (QED) is 0.423. The maximum absolute atomic E-state index is 2.24. The molecule has 1 unspecified atom stereocenters. The molecule has 1 aliphatic heterocycles. The van der Waals surface area contributed by atoms with Crippen LogP contribution in [0.1, 0.15) is 6.92 Å². The van der Waals surface area contributed by atoms with E-state index in [9.17, 15) is 0 Å². The van der Waals surface area contributed by atoms with Crippen molar-refractivity contribution in [2.45, 2.75) is 13.0 Å². The molecular formula is C5H10NS+. The molecule has 1 aliphatic rings. The summed E-state index contributed by atoms with van der Waals surface area (Å²) in [5, 5.41) is 0. The molecule has 0 saturated carbocycles. The Morgan fingerprint density at radius 3 is 2.71 bits per heavy atom. The highest BCUT2D eigenvalue weighted by Gasteiger charge is 2.15. The fourth-order valence-electron chi connectivity index (χ4n) is 0.521. The maximum Gasteiger partial charge on any atom is 0.198 e. The maximum atomic E-state index is 2.24. The van der Waals surface area contributed by atoms with E-state index in [1.54, 1.807) is 0 Å². The fourth-order valence-corrected chi connectivity index (χ4v) is 1.56. The zero-order valence-electron chi connectivity index (χ0n) is 4.72. The van der Waals surface area contributed by atoms with E-state index in [-0.39, 0.29) is 0 Å². The number of hydrogen-bond acceptors (Lipinski definition) is 1. The summed E-state index contributed by atoms with van der Waals surface area (Å²) in [6, 6.07) is 0.755. The summed E-state index contributed by atoms with van der Waals surface area (Å²) in [6.45, 7) is 2.23. The largest absolute Gasteiger partial charge is 0.230 e. The summed E-state index contributed by atoms with van der Waals surface area (Å²) in [6.07, 6.45) is 0. The smallest absolute Gasteiger partial charge is 0.198 e. The lowest BCUT2D eigenvalue weighted by Crippen LogP contribution is -2.15. The fraction of sp³-hybridized carbons (Fsp3) is 0.800. The average Bonchev–Trinajstić information content (AvgIpc) is 1.91. The van der Waals surface area contributed by atoms with Gasteiger partial charge in [-0.1, -0.05) is 11.8 Å². The first-order valence-electron chi connectivity index (χ1n) is 2.47. The van der Waals surface area contributed by atoms with Crippen LogP contribution in [-0.4, -0.2) is 29.0 Å². The van der Waals surface area contributed by atoms with Gasteiger partial charge in [0.1, 0.15) is 7.05 Å². The molecule has 0 aromatic carbocycles.